The first-order chi connectivity index (χ1) is 11.7. The van der Waals surface area contributed by atoms with Gasteiger partial charge in [0.2, 0.25) is 17.6 Å². The van der Waals surface area contributed by atoms with Crippen LogP contribution in [0.3, 0.4) is 0 Å². The Morgan fingerprint density at radius 2 is 2.00 bits per heavy atom. The second-order valence-electron chi connectivity index (χ2n) is 6.26. The van der Waals surface area contributed by atoms with Crippen molar-refractivity contribution in [3.8, 4) is 11.4 Å². The molecule has 1 saturated heterocycles. The molecule has 1 amide bonds. The first-order valence-corrected chi connectivity index (χ1v) is 8.62. The van der Waals surface area contributed by atoms with E-state index in [9.17, 15) is 4.79 Å². The molecule has 0 saturated carbocycles. The molecule has 0 aliphatic carbocycles. The van der Waals surface area contributed by atoms with E-state index in [2.05, 4.69) is 10.1 Å². The fourth-order valence-electron chi connectivity index (χ4n) is 3.06. The van der Waals surface area contributed by atoms with Crippen molar-refractivity contribution in [3.63, 3.8) is 0 Å². The van der Waals surface area contributed by atoms with E-state index in [4.69, 9.17) is 10.3 Å². The van der Waals surface area contributed by atoms with Crippen LogP contribution < -0.4 is 5.73 Å². The van der Waals surface area contributed by atoms with Crippen LogP contribution in [-0.4, -0.2) is 34.0 Å². The molecular formula is C18H24N4O2. The minimum Gasteiger partial charge on any atom is -0.343 e. The smallest absolute Gasteiger partial charge is 0.230 e. The van der Waals surface area contributed by atoms with Gasteiger partial charge in [0.1, 0.15) is 0 Å². The molecule has 1 fully saturated rings. The summed E-state index contributed by atoms with van der Waals surface area (Å²) < 4.78 is 5.47. The Kier molecular flexibility index (Phi) is 5.25. The Morgan fingerprint density at radius 3 is 2.62 bits per heavy atom. The Bertz CT molecular complexity index is 673. The monoisotopic (exact) mass is 328 g/mol. The standard InChI is InChI=1S/C18H24N4O2/c1-2-3-16(23)22-10-8-15(9-11-22)18-20-17(21-24-18)14-6-4-13(12-19)5-7-14/h4-7,15H,2-3,8-12,19H2,1H3. The highest BCUT2D eigenvalue weighted by atomic mass is 16.5. The van der Waals surface area contributed by atoms with Gasteiger partial charge < -0.3 is 15.2 Å². The van der Waals surface area contributed by atoms with Crippen LogP contribution in [0, 0.1) is 0 Å². The topological polar surface area (TPSA) is 85.2 Å². The average Bonchev–Trinajstić information content (AvgIpc) is 3.12. The van der Waals surface area contributed by atoms with E-state index in [1.165, 1.54) is 0 Å². The minimum atomic E-state index is 0.236. The molecule has 24 heavy (non-hydrogen) atoms. The molecule has 0 atom stereocenters. The van der Waals surface area contributed by atoms with Gasteiger partial charge >= 0.3 is 0 Å². The van der Waals surface area contributed by atoms with Crippen molar-refractivity contribution in [3.05, 3.63) is 35.7 Å². The van der Waals surface area contributed by atoms with Gasteiger partial charge in [-0.3, -0.25) is 4.79 Å². The third-order valence-corrected chi connectivity index (χ3v) is 4.55. The maximum atomic E-state index is 11.9. The number of hydrogen-bond acceptors (Lipinski definition) is 5. The van der Waals surface area contributed by atoms with Gasteiger partial charge in [0.15, 0.2) is 0 Å². The predicted octanol–water partition coefficient (Wildman–Crippen LogP) is 2.70. The Labute approximate surface area is 142 Å². The summed E-state index contributed by atoms with van der Waals surface area (Å²) in [5.41, 5.74) is 7.62. The quantitative estimate of drug-likeness (QED) is 0.912. The summed E-state index contributed by atoms with van der Waals surface area (Å²) in [7, 11) is 0. The van der Waals surface area contributed by atoms with Crippen molar-refractivity contribution in [2.24, 2.45) is 5.73 Å². The molecule has 128 valence electrons. The van der Waals surface area contributed by atoms with Crippen molar-refractivity contribution >= 4 is 5.91 Å². The lowest BCUT2D eigenvalue weighted by molar-refractivity contribution is -0.132. The highest BCUT2D eigenvalue weighted by molar-refractivity contribution is 5.76. The molecule has 0 spiro atoms. The van der Waals surface area contributed by atoms with Gasteiger partial charge in [0, 0.05) is 37.5 Å². The average molecular weight is 328 g/mol. The number of piperidine rings is 1. The van der Waals surface area contributed by atoms with Gasteiger partial charge in [0.25, 0.3) is 0 Å². The summed E-state index contributed by atoms with van der Waals surface area (Å²) in [6, 6.07) is 7.87. The highest BCUT2D eigenvalue weighted by Gasteiger charge is 2.27. The lowest BCUT2D eigenvalue weighted by Gasteiger charge is -2.30. The van der Waals surface area contributed by atoms with E-state index in [0.717, 1.165) is 43.5 Å². The van der Waals surface area contributed by atoms with E-state index >= 15 is 0 Å². The molecule has 0 radical (unpaired) electrons. The van der Waals surface area contributed by atoms with Gasteiger partial charge in [-0.2, -0.15) is 4.98 Å². The van der Waals surface area contributed by atoms with Crippen molar-refractivity contribution in [1.82, 2.24) is 15.0 Å². The van der Waals surface area contributed by atoms with Gasteiger partial charge in [0.05, 0.1) is 0 Å². The molecular weight excluding hydrogens is 304 g/mol. The highest BCUT2D eigenvalue weighted by Crippen LogP contribution is 2.28. The lowest BCUT2D eigenvalue weighted by Crippen LogP contribution is -2.37. The number of carbonyl (C=O) groups excluding carboxylic acids is 1. The van der Waals surface area contributed by atoms with Crippen LogP contribution in [0.25, 0.3) is 11.4 Å². The maximum Gasteiger partial charge on any atom is 0.230 e. The van der Waals surface area contributed by atoms with E-state index in [1.54, 1.807) is 0 Å². The molecule has 2 N–H and O–H groups in total. The summed E-state index contributed by atoms with van der Waals surface area (Å²) in [6.07, 6.45) is 3.29. The molecule has 1 aromatic carbocycles. The van der Waals surface area contributed by atoms with E-state index < -0.39 is 0 Å². The number of likely N-dealkylation sites (tertiary alicyclic amines) is 1. The molecule has 2 heterocycles. The summed E-state index contributed by atoms with van der Waals surface area (Å²) in [6.45, 7) is 4.09. The Morgan fingerprint density at radius 1 is 1.29 bits per heavy atom. The molecule has 1 aromatic heterocycles. The minimum absolute atomic E-state index is 0.236. The Hall–Kier alpha value is -2.21. The van der Waals surface area contributed by atoms with Crippen molar-refractivity contribution in [1.29, 1.82) is 0 Å². The number of amides is 1. The number of benzene rings is 1. The fraction of sp³-hybridized carbons (Fsp3) is 0.500. The summed E-state index contributed by atoms with van der Waals surface area (Å²) >= 11 is 0. The van der Waals surface area contributed by atoms with Gasteiger partial charge in [-0.25, -0.2) is 0 Å². The van der Waals surface area contributed by atoms with Gasteiger partial charge in [-0.05, 0) is 24.8 Å². The molecule has 6 nitrogen and oxygen atoms in total. The SMILES string of the molecule is CCCC(=O)N1CCC(c2nc(-c3ccc(CN)cc3)no2)CC1. The molecule has 0 bridgehead atoms. The van der Waals surface area contributed by atoms with Crippen LogP contribution in [-0.2, 0) is 11.3 Å². The molecule has 2 aromatic rings. The van der Waals surface area contributed by atoms with E-state index in [0.29, 0.717) is 24.7 Å². The van der Waals surface area contributed by atoms with Crippen LogP contribution in [0.2, 0.25) is 0 Å². The Balaban J connectivity index is 1.63. The first kappa shape index (κ1) is 16.6. The van der Waals surface area contributed by atoms with Gasteiger partial charge in [-0.1, -0.05) is 36.3 Å². The zero-order chi connectivity index (χ0) is 16.9. The normalized spacial score (nSPS) is 15.7. The van der Waals surface area contributed by atoms with Crippen LogP contribution in [0.4, 0.5) is 0 Å². The summed E-state index contributed by atoms with van der Waals surface area (Å²) in [5.74, 6) is 1.77. The van der Waals surface area contributed by atoms with Crippen LogP contribution in [0.1, 0.15) is 50.0 Å². The third-order valence-electron chi connectivity index (χ3n) is 4.55. The molecule has 3 rings (SSSR count). The van der Waals surface area contributed by atoms with E-state index in [1.807, 2.05) is 36.1 Å². The fourth-order valence-corrected chi connectivity index (χ4v) is 3.06. The lowest BCUT2D eigenvalue weighted by atomic mass is 9.96. The summed E-state index contributed by atoms with van der Waals surface area (Å²) in [4.78, 5) is 18.4. The number of nitrogens with two attached hydrogens (primary N) is 1. The molecule has 6 heteroatoms. The molecule has 0 unspecified atom stereocenters. The van der Waals surface area contributed by atoms with E-state index in [-0.39, 0.29) is 11.8 Å². The number of hydrogen-bond donors (Lipinski definition) is 1. The largest absolute Gasteiger partial charge is 0.343 e. The number of carbonyl (C=O) groups is 1. The number of rotatable bonds is 5. The predicted molar refractivity (Wildman–Crippen MR) is 91.1 cm³/mol. The molecule has 1 aliphatic heterocycles. The second-order valence-corrected chi connectivity index (χ2v) is 6.26. The molecule has 1 aliphatic rings. The zero-order valence-corrected chi connectivity index (χ0v) is 14.1. The van der Waals surface area contributed by atoms with Crippen LogP contribution in [0.5, 0.6) is 0 Å². The van der Waals surface area contributed by atoms with Crippen LogP contribution >= 0.6 is 0 Å². The van der Waals surface area contributed by atoms with Crippen molar-refractivity contribution in [2.45, 2.75) is 45.1 Å². The second kappa shape index (κ2) is 7.57. The summed E-state index contributed by atoms with van der Waals surface area (Å²) in [5, 5.41) is 4.10. The third kappa shape index (κ3) is 3.64. The van der Waals surface area contributed by atoms with Gasteiger partial charge in [-0.15, -0.1) is 0 Å². The number of nitrogens with zero attached hydrogens (tertiary/aromatic N) is 3. The number of aromatic nitrogens is 2. The van der Waals surface area contributed by atoms with Crippen molar-refractivity contribution in [2.75, 3.05) is 13.1 Å². The zero-order valence-electron chi connectivity index (χ0n) is 14.1. The van der Waals surface area contributed by atoms with Crippen LogP contribution in [0.15, 0.2) is 28.8 Å². The van der Waals surface area contributed by atoms with Crippen molar-refractivity contribution < 1.29 is 9.32 Å². The first-order valence-electron chi connectivity index (χ1n) is 8.62. The maximum absolute atomic E-state index is 11.9.